The lowest BCUT2D eigenvalue weighted by Crippen LogP contribution is -2.56. The molecule has 42 heavy (non-hydrogen) atoms. The largest absolute Gasteiger partial charge is 0.359 e. The number of ketones is 1. The second kappa shape index (κ2) is 11.5. The summed E-state index contributed by atoms with van der Waals surface area (Å²) >= 11 is 0. The van der Waals surface area contributed by atoms with E-state index in [1.165, 1.54) is 23.2 Å². The number of Topliss-reactive ketones (excluding diaryl/α,β-unsaturated/α-hetero) is 1. The van der Waals surface area contributed by atoms with E-state index in [4.69, 9.17) is 4.55 Å². The molecule has 1 aliphatic heterocycles. The monoisotopic (exact) mass is 589 g/mol. The van der Waals surface area contributed by atoms with Crippen LogP contribution in [0.3, 0.4) is 0 Å². The average molecular weight is 590 g/mol. The van der Waals surface area contributed by atoms with Gasteiger partial charge in [-0.25, -0.2) is 4.79 Å². The number of hydrogen-bond acceptors (Lipinski definition) is 6. The first-order valence-corrected chi connectivity index (χ1v) is 14.4. The number of benzene rings is 3. The number of amides is 4. The van der Waals surface area contributed by atoms with Crippen LogP contribution in [0.5, 0.6) is 0 Å². The first kappa shape index (κ1) is 28.5. The van der Waals surface area contributed by atoms with Crippen LogP contribution in [0.1, 0.15) is 27.6 Å². The highest BCUT2D eigenvalue weighted by Crippen LogP contribution is 2.27. The van der Waals surface area contributed by atoms with Crippen LogP contribution in [0.4, 0.5) is 16.2 Å². The summed E-state index contributed by atoms with van der Waals surface area (Å²) in [5.74, 6) is -1.52. The highest BCUT2D eigenvalue weighted by Gasteiger charge is 2.34. The van der Waals surface area contributed by atoms with Gasteiger partial charge in [-0.1, -0.05) is 30.3 Å². The zero-order chi connectivity index (χ0) is 30.0. The molecule has 1 saturated heterocycles. The van der Waals surface area contributed by atoms with E-state index in [9.17, 15) is 27.6 Å². The number of anilines is 2. The van der Waals surface area contributed by atoms with Gasteiger partial charge in [0, 0.05) is 48.5 Å². The molecule has 0 aliphatic carbocycles. The second-order valence-corrected chi connectivity index (χ2v) is 11.2. The van der Waals surface area contributed by atoms with Gasteiger partial charge in [0.1, 0.15) is 0 Å². The quantitative estimate of drug-likeness (QED) is 0.151. The van der Waals surface area contributed by atoms with Crippen LogP contribution in [0, 0.1) is 0 Å². The lowest BCUT2D eigenvalue weighted by molar-refractivity contribution is -0.130. The van der Waals surface area contributed by atoms with Gasteiger partial charge < -0.3 is 25.4 Å². The number of fused-ring (bicyclic) bond motifs is 1. The van der Waals surface area contributed by atoms with Crippen molar-refractivity contribution in [2.75, 3.05) is 30.3 Å². The lowest BCUT2D eigenvalue weighted by Gasteiger charge is -2.39. The first-order chi connectivity index (χ1) is 20.0. The molecule has 4 N–H and O–H groups in total. The summed E-state index contributed by atoms with van der Waals surface area (Å²) in [5, 5.41) is 5.66. The van der Waals surface area contributed by atoms with Crippen molar-refractivity contribution in [1.82, 2.24) is 14.8 Å². The van der Waals surface area contributed by atoms with Gasteiger partial charge in [0.05, 0.1) is 21.7 Å². The van der Waals surface area contributed by atoms with E-state index in [1.807, 2.05) is 6.07 Å². The molecule has 1 aromatic heterocycles. The number of rotatable bonds is 6. The molecule has 1 aliphatic rings. The van der Waals surface area contributed by atoms with Crippen molar-refractivity contribution in [3.05, 3.63) is 90.1 Å². The van der Waals surface area contributed by atoms with Crippen molar-refractivity contribution in [1.29, 1.82) is 0 Å². The zero-order valence-electron chi connectivity index (χ0n) is 22.4. The second-order valence-electron chi connectivity index (χ2n) is 9.80. The Hall–Kier alpha value is -5.01. The van der Waals surface area contributed by atoms with Gasteiger partial charge in [-0.05, 0) is 49.4 Å². The third kappa shape index (κ3) is 5.87. The predicted molar refractivity (Wildman–Crippen MR) is 155 cm³/mol. The fourth-order valence-corrected chi connectivity index (χ4v) is 5.37. The van der Waals surface area contributed by atoms with Crippen LogP contribution in [0.2, 0.25) is 0 Å². The fourth-order valence-electron chi connectivity index (χ4n) is 4.89. The van der Waals surface area contributed by atoms with Gasteiger partial charge in [-0.3, -0.25) is 18.9 Å². The molecule has 0 spiro atoms. The molecule has 0 radical (unpaired) electrons. The Bertz CT molecular complexity index is 1790. The van der Waals surface area contributed by atoms with Crippen LogP contribution in [0.25, 0.3) is 10.9 Å². The average Bonchev–Trinajstić information content (AvgIpc) is 3.41. The Morgan fingerprint density at radius 2 is 1.62 bits per heavy atom. The molecule has 0 saturated carbocycles. The molecule has 1 atom stereocenters. The number of hydrogen-bond donors (Lipinski definition) is 4. The highest BCUT2D eigenvalue weighted by atomic mass is 32.2. The number of carbonyl (C=O) groups excluding carboxylic acids is 4. The molecule has 4 aromatic rings. The lowest BCUT2D eigenvalue weighted by atomic mass is 10.1. The summed E-state index contributed by atoms with van der Waals surface area (Å²) in [5.41, 5.74) is 1.76. The minimum absolute atomic E-state index is 0.128. The molecular weight excluding hydrogens is 562 g/mol. The van der Waals surface area contributed by atoms with E-state index < -0.39 is 27.8 Å². The van der Waals surface area contributed by atoms with Crippen molar-refractivity contribution in [2.24, 2.45) is 0 Å². The van der Waals surface area contributed by atoms with E-state index in [2.05, 4.69) is 15.6 Å². The number of piperazine rings is 1. The molecule has 0 unspecified atom stereocenters. The van der Waals surface area contributed by atoms with Crippen LogP contribution in [-0.4, -0.2) is 77.1 Å². The van der Waals surface area contributed by atoms with Crippen LogP contribution in [-0.2, 0) is 14.9 Å². The first-order valence-electron chi connectivity index (χ1n) is 13.0. The van der Waals surface area contributed by atoms with Gasteiger partial charge >= 0.3 is 6.03 Å². The summed E-state index contributed by atoms with van der Waals surface area (Å²) in [6.45, 7) is 2.60. The Balaban J connectivity index is 1.26. The van der Waals surface area contributed by atoms with Crippen LogP contribution < -0.4 is 10.6 Å². The maximum Gasteiger partial charge on any atom is 0.323 e. The van der Waals surface area contributed by atoms with Gasteiger partial charge in [-0.15, -0.1) is 0 Å². The predicted octanol–water partition coefficient (Wildman–Crippen LogP) is 3.61. The van der Waals surface area contributed by atoms with E-state index in [0.29, 0.717) is 35.2 Å². The summed E-state index contributed by atoms with van der Waals surface area (Å²) in [6, 6.07) is 17.7. The summed E-state index contributed by atoms with van der Waals surface area (Å²) in [4.78, 5) is 57.8. The Morgan fingerprint density at radius 1 is 0.905 bits per heavy atom. The SMILES string of the molecule is C[C@@H]1CN(C(=O)c2ccccc2)CCN1C(=O)C(=O)c1c[nH]c2c(NC(=O)Nc3ccc(S(=O)(=O)O)cc3)cccc12. The summed E-state index contributed by atoms with van der Waals surface area (Å²) in [7, 11) is -4.36. The van der Waals surface area contributed by atoms with Gasteiger partial charge in [-0.2, -0.15) is 8.42 Å². The van der Waals surface area contributed by atoms with Gasteiger partial charge in [0.2, 0.25) is 0 Å². The van der Waals surface area contributed by atoms with Crippen LogP contribution >= 0.6 is 0 Å². The number of carbonyl (C=O) groups is 4. The fraction of sp³-hybridized carbons (Fsp3) is 0.172. The Kier molecular flexibility index (Phi) is 7.79. The molecule has 2 heterocycles. The molecule has 1 fully saturated rings. The van der Waals surface area contributed by atoms with Crippen molar-refractivity contribution in [2.45, 2.75) is 17.9 Å². The third-order valence-electron chi connectivity index (χ3n) is 7.01. The van der Waals surface area contributed by atoms with Gasteiger partial charge in [0.25, 0.3) is 27.7 Å². The Labute approximate surface area is 241 Å². The van der Waals surface area contributed by atoms with E-state index in [1.54, 1.807) is 54.3 Å². The van der Waals surface area contributed by atoms with Crippen LogP contribution in [0.15, 0.2) is 83.9 Å². The summed E-state index contributed by atoms with van der Waals surface area (Å²) < 4.78 is 31.5. The normalized spacial score (nSPS) is 15.3. The number of urea groups is 1. The van der Waals surface area contributed by atoms with Crippen molar-refractivity contribution >= 4 is 56.0 Å². The molecule has 13 heteroatoms. The minimum atomic E-state index is -4.36. The van der Waals surface area contributed by atoms with E-state index in [0.717, 1.165) is 12.1 Å². The number of nitrogens with zero attached hydrogens (tertiary/aromatic N) is 2. The number of nitrogens with one attached hydrogen (secondary N) is 3. The standard InChI is InChI=1S/C29H27N5O7S/c1-18-17-33(27(36)19-6-3-2-4-7-19)14-15-34(18)28(37)26(35)23-16-30-25-22(23)8-5-9-24(25)32-29(38)31-20-10-12-21(13-11-20)42(39,40)41/h2-13,16,18,30H,14-15,17H2,1H3,(H2,31,32,38)(H,39,40,41)/t18-/m1/s1. The number of aromatic nitrogens is 1. The number of H-pyrrole nitrogens is 1. The van der Waals surface area contributed by atoms with E-state index >= 15 is 0 Å². The molecule has 12 nitrogen and oxygen atoms in total. The molecule has 3 aromatic carbocycles. The molecule has 216 valence electrons. The van der Waals surface area contributed by atoms with Crippen molar-refractivity contribution in [3.63, 3.8) is 0 Å². The number of aromatic amines is 1. The van der Waals surface area contributed by atoms with E-state index in [-0.39, 0.29) is 34.6 Å². The smallest absolute Gasteiger partial charge is 0.323 e. The number of para-hydroxylation sites is 1. The minimum Gasteiger partial charge on any atom is -0.359 e. The zero-order valence-corrected chi connectivity index (χ0v) is 23.2. The highest BCUT2D eigenvalue weighted by molar-refractivity contribution is 7.85. The molecule has 5 rings (SSSR count). The van der Waals surface area contributed by atoms with Crippen molar-refractivity contribution < 1.29 is 32.1 Å². The third-order valence-corrected chi connectivity index (χ3v) is 7.88. The molecular formula is C29H27N5O7S. The van der Waals surface area contributed by atoms with Gasteiger partial charge in [0.15, 0.2) is 0 Å². The maximum absolute atomic E-state index is 13.3. The maximum atomic E-state index is 13.3. The Morgan fingerprint density at radius 3 is 2.29 bits per heavy atom. The topological polar surface area (TPSA) is 169 Å². The molecule has 4 amide bonds. The van der Waals surface area contributed by atoms with Crippen molar-refractivity contribution in [3.8, 4) is 0 Å². The molecule has 0 bridgehead atoms. The summed E-state index contributed by atoms with van der Waals surface area (Å²) in [6.07, 6.45) is 1.42.